The van der Waals surface area contributed by atoms with E-state index in [9.17, 15) is 0 Å². The molecule has 12 radical (unpaired) electrons. The first-order chi connectivity index (χ1) is 5.73. The Bertz CT molecular complexity index is 26.6. The number of hydrogen-bond donors (Lipinski definition) is 0. The molecule has 0 bridgehead atoms. The van der Waals surface area contributed by atoms with E-state index in [2.05, 4.69) is 50.5 Å². The highest BCUT2D eigenvalue weighted by Gasteiger charge is 1.73. The van der Waals surface area contributed by atoms with Crippen LogP contribution < -0.4 is 0 Å². The Kier molecular flexibility index (Phi) is 5720. The molecule has 0 heterocycles. The predicted molar refractivity (Wildman–Crippen MR) is 152 cm³/mol. The first-order valence-electron chi connectivity index (χ1n) is 1.00. The van der Waals surface area contributed by atoms with Crippen LogP contribution in [0.3, 0.4) is 0 Å². The van der Waals surface area contributed by atoms with Crippen molar-refractivity contribution in [2.75, 3.05) is 0 Å². The van der Waals surface area contributed by atoms with Gasteiger partial charge in [0.05, 0.1) is 0 Å². The highest BCUT2D eigenvalue weighted by atomic mass is 12.6. The monoisotopic (exact) mass is 311 g/mol. The third kappa shape index (κ3) is 18900. The second-order valence-corrected chi connectivity index (χ2v) is 0.577. The molecule has 22 heavy (non-hydrogen) atoms. The number of hydrogen-bond acceptors (Lipinski definition) is 0. The van der Waals surface area contributed by atoms with E-state index in [0.717, 1.165) is 31.4 Å². The summed E-state index contributed by atoms with van der Waals surface area (Å²) in [5.74, 6) is 0. The summed E-state index contributed by atoms with van der Waals surface area (Å²) in [7, 11) is 17.0. The van der Waals surface area contributed by atoms with E-state index in [4.69, 9.17) is 0 Å². The van der Waals surface area contributed by atoms with Gasteiger partial charge in [0.1, 0.15) is 0 Å². The Morgan fingerprint density at radius 3 is 0.409 bits per heavy atom. The second kappa shape index (κ2) is 693. The van der Waals surface area contributed by atoms with Crippen LogP contribution in [0.2, 0.25) is 27.3 Å². The van der Waals surface area contributed by atoms with Gasteiger partial charge in [-0.1, -0.05) is 90.8 Å². The van der Waals surface area contributed by atoms with Crippen molar-refractivity contribution in [3.8, 4) is 0 Å². The topological polar surface area (TPSA) is 0 Å². The number of rotatable bonds is 0. The fourth-order valence-corrected chi connectivity index (χ4v) is 0. The molecular weight excluding hydrogens is 252 g/mol. The van der Waals surface area contributed by atoms with Gasteiger partial charge in [-0.2, -0.15) is 27.3 Å². The van der Waals surface area contributed by atoms with Crippen molar-refractivity contribution < 1.29 is 0 Å². The molecule has 0 unspecified atom stereocenters. The summed E-state index contributed by atoms with van der Waals surface area (Å²) in [5.41, 5.74) is 0. The van der Waals surface area contributed by atoms with Crippen LogP contribution in [-0.4, -0.2) is 77.8 Å². The zero-order chi connectivity index (χ0) is 11.6. The Balaban J connectivity index is -0.00000000197. The molecule has 0 aliphatic carbocycles. The molecule has 0 N–H and O–H groups in total. The second-order valence-electron chi connectivity index (χ2n) is 0.577. The summed E-state index contributed by atoms with van der Waals surface area (Å²) < 4.78 is 0. The van der Waals surface area contributed by atoms with Gasteiger partial charge in [0.25, 0.3) is 0 Å². The van der Waals surface area contributed by atoms with Crippen molar-refractivity contribution in [1.82, 2.24) is 0 Å². The van der Waals surface area contributed by atoms with Crippen LogP contribution >= 0.6 is 0 Å². The van der Waals surface area contributed by atoms with Gasteiger partial charge in [-0.15, -0.1) is 0 Å². The lowest BCUT2D eigenvalue weighted by atomic mass is 9.08. The minimum absolute atomic E-state index is 0. The molecule has 0 nitrogen and oxygen atoms in total. The van der Waals surface area contributed by atoms with Gasteiger partial charge in [-0.05, 0) is 0 Å². The van der Waals surface area contributed by atoms with Gasteiger partial charge < -0.3 is 0 Å². The summed E-state index contributed by atoms with van der Waals surface area (Å²) in [6.07, 6.45) is -0.667. The summed E-state index contributed by atoms with van der Waals surface area (Å²) in [4.78, 5) is 0. The molecule has 0 saturated heterocycles. The first kappa shape index (κ1) is 181. The zero-order valence-electron chi connectivity index (χ0n) is 7.46. The Morgan fingerprint density at radius 2 is 0.409 bits per heavy atom. The molecule has 0 spiro atoms. The van der Waals surface area contributed by atoms with Crippen LogP contribution in [0.5, 0.6) is 0 Å². The van der Waals surface area contributed by atoms with Crippen molar-refractivity contribution in [3.05, 3.63) is 0 Å². The average Bonchev–Trinajstić information content (AvgIpc) is 2.16. The van der Waals surface area contributed by atoms with Gasteiger partial charge in [0.2, 0.25) is 0 Å². The molecule has 0 rings (SSSR count). The summed E-state index contributed by atoms with van der Waals surface area (Å²) in [6, 6.07) is 0. The molecule has 0 aliphatic heterocycles. The molecular formula is C12H56B10-4. The standard InChI is InChI=1S/4CH6B.8CH4.B4.2B/c4*1-2;;;;;;;;;1-4(2)3;;/h4*1-2H3;8*1H4;;;/q4*-1;;;;;;;;;;;. The quantitative estimate of drug-likeness (QED) is 0.569. The molecule has 0 aromatic carbocycles. The maximum atomic E-state index is 4.67. The average molecular weight is 309 g/mol. The minimum Gasteiger partial charge on any atom is -0.199 e. The summed E-state index contributed by atoms with van der Waals surface area (Å²) >= 11 is 0. The van der Waals surface area contributed by atoms with E-state index < -0.39 is 6.39 Å². The highest BCUT2D eigenvalue weighted by molar-refractivity contribution is 7.49. The molecule has 0 aliphatic rings. The van der Waals surface area contributed by atoms with E-state index in [-0.39, 0.29) is 76.2 Å². The lowest BCUT2D eigenvalue weighted by Gasteiger charge is -1.73. The van der Waals surface area contributed by atoms with Gasteiger partial charge >= 0.3 is 0 Å². The van der Waals surface area contributed by atoms with Crippen LogP contribution in [-0.2, 0) is 0 Å². The van der Waals surface area contributed by atoms with Crippen molar-refractivity contribution in [3.63, 3.8) is 0 Å². The fraction of sp³-hybridized carbons (Fsp3) is 1.00. The maximum Gasteiger partial charge on any atom is 0 e. The van der Waals surface area contributed by atoms with Gasteiger partial charge in [-0.3, -0.25) is 0 Å². The molecule has 0 atom stereocenters. The summed E-state index contributed by atoms with van der Waals surface area (Å²) in [6.45, 7) is 9.00. The molecule has 138 valence electrons. The lowest BCUT2D eigenvalue weighted by Crippen LogP contribution is -2.11. The zero-order valence-corrected chi connectivity index (χ0v) is 7.46. The van der Waals surface area contributed by atoms with E-state index in [1.165, 1.54) is 0 Å². The maximum absolute atomic E-state index is 4.67. The Hall–Kier alpha value is 0.649. The SMILES string of the molecule is C.C.C.C.C.C.C.C.[BH3-]C.[BH3-]C.[BH3-]C.[BH3-]C.[B].[B].[B]B([B])[B]. The molecule has 0 aromatic rings. The van der Waals surface area contributed by atoms with Crippen LogP contribution in [0.1, 0.15) is 59.4 Å². The predicted octanol–water partition coefficient (Wildman–Crippen LogP) is 0.404. The van der Waals surface area contributed by atoms with Crippen LogP contribution in [0.15, 0.2) is 0 Å². The normalized spacial score (nSPS) is 2.18. The largest absolute Gasteiger partial charge is 0.199 e. The van der Waals surface area contributed by atoms with Crippen molar-refractivity contribution in [2.45, 2.75) is 86.7 Å². The van der Waals surface area contributed by atoms with E-state index in [0.29, 0.717) is 0 Å². The van der Waals surface area contributed by atoms with Crippen molar-refractivity contribution in [2.24, 2.45) is 0 Å². The summed E-state index contributed by atoms with van der Waals surface area (Å²) in [5, 5.41) is 0. The third-order valence-corrected chi connectivity index (χ3v) is 0. The van der Waals surface area contributed by atoms with Crippen molar-refractivity contribution in [1.29, 1.82) is 0 Å². The molecule has 10 heteroatoms. The van der Waals surface area contributed by atoms with E-state index in [1.54, 1.807) is 0 Å². The lowest BCUT2D eigenvalue weighted by molar-refractivity contribution is 2.39. The van der Waals surface area contributed by atoms with Gasteiger partial charge in [-0.25, -0.2) is 0 Å². The van der Waals surface area contributed by atoms with Crippen LogP contribution in [0.4, 0.5) is 0 Å². The van der Waals surface area contributed by atoms with E-state index >= 15 is 0 Å². The smallest absolute Gasteiger partial charge is 0 e. The molecule has 0 aromatic heterocycles. The molecule has 0 fully saturated rings. The fourth-order valence-electron chi connectivity index (χ4n) is 0. The molecule has 0 saturated carbocycles. The minimum atomic E-state index is -0.667. The van der Waals surface area contributed by atoms with Crippen LogP contribution in [0.25, 0.3) is 0 Å². The molecule has 0 amide bonds. The first-order valence-corrected chi connectivity index (χ1v) is 1.00. The van der Waals surface area contributed by atoms with Gasteiger partial charge in [0, 0.05) is 46.4 Å². The van der Waals surface area contributed by atoms with E-state index in [1.807, 2.05) is 0 Å². The Morgan fingerprint density at radius 1 is 0.409 bits per heavy atom. The van der Waals surface area contributed by atoms with Crippen LogP contribution in [0, 0.1) is 0 Å². The highest BCUT2D eigenvalue weighted by Crippen LogP contribution is 1.35. The third-order valence-electron chi connectivity index (χ3n) is 0. The van der Waals surface area contributed by atoms with Crippen molar-refractivity contribution >= 4 is 77.8 Å². The van der Waals surface area contributed by atoms with Gasteiger partial charge in [0.15, 0.2) is 0 Å². The Labute approximate surface area is 164 Å².